The number of anilines is 1. The number of nitrogen functional groups attached to an aromatic ring is 1. The monoisotopic (exact) mass is 312 g/mol. The predicted octanol–water partition coefficient (Wildman–Crippen LogP) is 2.71. The molecular weight excluding hydrogens is 288 g/mol. The highest BCUT2D eigenvalue weighted by Crippen LogP contribution is 2.25. The smallest absolute Gasteiger partial charge is 0.152 e. The van der Waals surface area contributed by atoms with Crippen molar-refractivity contribution in [2.75, 3.05) is 12.3 Å². The first-order valence-electron chi connectivity index (χ1n) is 8.36. The first-order valence-corrected chi connectivity index (χ1v) is 8.36. The van der Waals surface area contributed by atoms with E-state index in [2.05, 4.69) is 27.9 Å². The number of rotatable bonds is 7. The number of pyridine rings is 2. The maximum absolute atomic E-state index is 6.06. The second-order valence-corrected chi connectivity index (χ2v) is 5.93. The largest absolute Gasteiger partial charge is 0.382 e. The van der Waals surface area contributed by atoms with Gasteiger partial charge < -0.3 is 16.5 Å². The lowest BCUT2D eigenvalue weighted by Gasteiger charge is -2.06. The van der Waals surface area contributed by atoms with Crippen LogP contribution < -0.4 is 11.5 Å². The average molecular weight is 312 g/mol. The Balaban J connectivity index is 2.03. The van der Waals surface area contributed by atoms with Crippen LogP contribution in [0.1, 0.15) is 44.1 Å². The number of nitrogens with one attached hydrogen (secondary N) is 1. The molecule has 0 fully saturated rings. The van der Waals surface area contributed by atoms with E-state index in [1.165, 1.54) is 0 Å². The van der Waals surface area contributed by atoms with Crippen LogP contribution in [0.25, 0.3) is 22.1 Å². The van der Waals surface area contributed by atoms with Crippen molar-refractivity contribution < 1.29 is 0 Å². The summed E-state index contributed by atoms with van der Waals surface area (Å²) in [6.45, 7) is 2.89. The first-order chi connectivity index (χ1) is 11.2. The van der Waals surface area contributed by atoms with Crippen molar-refractivity contribution in [2.45, 2.75) is 45.4 Å². The van der Waals surface area contributed by atoms with Gasteiger partial charge in [0.05, 0.1) is 11.0 Å². The number of nitrogens with zero attached hydrogens (tertiary/aromatic N) is 3. The van der Waals surface area contributed by atoms with Crippen LogP contribution in [0.5, 0.6) is 0 Å². The van der Waals surface area contributed by atoms with Gasteiger partial charge >= 0.3 is 0 Å². The van der Waals surface area contributed by atoms with Gasteiger partial charge in [-0.05, 0) is 44.4 Å². The van der Waals surface area contributed by atoms with E-state index >= 15 is 0 Å². The quantitative estimate of drug-likeness (QED) is 0.581. The molecule has 5 N–H and O–H groups in total. The Morgan fingerprint density at radius 2 is 1.83 bits per heavy atom. The Hall–Kier alpha value is -2.21. The molecule has 0 spiro atoms. The van der Waals surface area contributed by atoms with Gasteiger partial charge in [-0.25, -0.2) is 15.0 Å². The second kappa shape index (κ2) is 6.91. The number of hydrogen-bond acceptors (Lipinski definition) is 5. The van der Waals surface area contributed by atoms with E-state index < -0.39 is 0 Å². The van der Waals surface area contributed by atoms with Gasteiger partial charge in [0.1, 0.15) is 16.9 Å². The fourth-order valence-electron chi connectivity index (χ4n) is 2.78. The van der Waals surface area contributed by atoms with Crippen LogP contribution in [0, 0.1) is 0 Å². The average Bonchev–Trinajstić information content (AvgIpc) is 2.99. The lowest BCUT2D eigenvalue weighted by molar-refractivity contribution is 0.734. The molecule has 0 aromatic carbocycles. The summed E-state index contributed by atoms with van der Waals surface area (Å²) < 4.78 is 0. The van der Waals surface area contributed by atoms with E-state index in [4.69, 9.17) is 16.5 Å². The standard InChI is InChI=1S/C17H24N6/c1-2-3-7-13-22-15-14-12(21-17(19)16(15)23-13)9-8-11(20-14)6-4-5-10-18/h8-9,20H,2-7,10,18H2,1H3,(H2,19,21). The molecule has 0 aliphatic rings. The lowest BCUT2D eigenvalue weighted by atomic mass is 10.1. The fraction of sp³-hybridized carbons (Fsp3) is 0.471. The van der Waals surface area contributed by atoms with Crippen LogP contribution in [0.4, 0.5) is 5.82 Å². The van der Waals surface area contributed by atoms with Crippen molar-refractivity contribution >= 4 is 27.9 Å². The minimum absolute atomic E-state index is 0.451. The number of aromatic nitrogens is 4. The number of fused-ring (bicyclic) bond motifs is 3. The van der Waals surface area contributed by atoms with E-state index in [1.807, 2.05) is 6.07 Å². The normalized spacial score (nSPS) is 11.6. The number of aromatic amines is 1. The minimum atomic E-state index is 0.451. The first kappa shape index (κ1) is 15.7. The molecule has 0 saturated heterocycles. The van der Waals surface area contributed by atoms with E-state index in [1.54, 1.807) is 0 Å². The molecule has 0 unspecified atom stereocenters. The summed E-state index contributed by atoms with van der Waals surface area (Å²) in [5.41, 5.74) is 16.1. The zero-order valence-corrected chi connectivity index (χ0v) is 13.6. The molecule has 0 bridgehead atoms. The zero-order valence-electron chi connectivity index (χ0n) is 13.6. The molecule has 3 aromatic heterocycles. The van der Waals surface area contributed by atoms with Crippen molar-refractivity contribution in [3.05, 3.63) is 23.7 Å². The summed E-state index contributed by atoms with van der Waals surface area (Å²) in [6, 6.07) is 4.06. The lowest BCUT2D eigenvalue weighted by Crippen LogP contribution is -2.00. The summed E-state index contributed by atoms with van der Waals surface area (Å²) in [5, 5.41) is 0. The van der Waals surface area contributed by atoms with Crippen molar-refractivity contribution in [1.29, 1.82) is 0 Å². The van der Waals surface area contributed by atoms with Gasteiger partial charge in [0.2, 0.25) is 0 Å². The fourth-order valence-corrected chi connectivity index (χ4v) is 2.78. The highest BCUT2D eigenvalue weighted by atomic mass is 15.0. The highest BCUT2D eigenvalue weighted by Gasteiger charge is 2.13. The van der Waals surface area contributed by atoms with Crippen molar-refractivity contribution in [3.63, 3.8) is 0 Å². The number of imidazole rings is 1. The van der Waals surface area contributed by atoms with Crippen LogP contribution in [0.3, 0.4) is 0 Å². The molecule has 0 amide bonds. The second-order valence-electron chi connectivity index (χ2n) is 5.93. The number of nitrogens with two attached hydrogens (primary N) is 2. The van der Waals surface area contributed by atoms with Gasteiger partial charge in [0, 0.05) is 12.1 Å². The summed E-state index contributed by atoms with van der Waals surface area (Å²) >= 11 is 0. The summed E-state index contributed by atoms with van der Waals surface area (Å²) in [7, 11) is 0. The third-order valence-corrected chi connectivity index (χ3v) is 4.06. The molecule has 6 nitrogen and oxygen atoms in total. The molecule has 0 atom stereocenters. The van der Waals surface area contributed by atoms with Crippen LogP contribution >= 0.6 is 0 Å². The molecular formula is C17H24N6. The van der Waals surface area contributed by atoms with Crippen LogP contribution in [-0.4, -0.2) is 26.5 Å². The van der Waals surface area contributed by atoms with Gasteiger partial charge in [0.15, 0.2) is 5.82 Å². The number of aryl methyl sites for hydroxylation is 2. The SMILES string of the molecule is CCCCc1nc2c(N)nc3ccc(CCCCN)[nH]c3c2n1. The van der Waals surface area contributed by atoms with Crippen molar-refractivity contribution in [2.24, 2.45) is 5.73 Å². The van der Waals surface area contributed by atoms with Crippen LogP contribution in [-0.2, 0) is 12.8 Å². The molecule has 3 heterocycles. The topological polar surface area (TPSA) is 106 Å². The van der Waals surface area contributed by atoms with Gasteiger partial charge in [0.25, 0.3) is 0 Å². The summed E-state index contributed by atoms with van der Waals surface area (Å²) in [5.74, 6) is 1.30. The maximum atomic E-state index is 6.06. The molecule has 6 heteroatoms. The molecule has 3 rings (SSSR count). The van der Waals surface area contributed by atoms with Gasteiger partial charge in [-0.3, -0.25) is 0 Å². The number of unbranched alkanes of at least 4 members (excludes halogenated alkanes) is 2. The van der Waals surface area contributed by atoms with Crippen LogP contribution in [0.2, 0.25) is 0 Å². The van der Waals surface area contributed by atoms with E-state index in [0.29, 0.717) is 11.3 Å². The predicted molar refractivity (Wildman–Crippen MR) is 94.2 cm³/mol. The van der Waals surface area contributed by atoms with E-state index in [0.717, 1.165) is 73.1 Å². The Kier molecular flexibility index (Phi) is 4.71. The zero-order chi connectivity index (χ0) is 16.2. The number of H-pyrrole nitrogens is 1. The van der Waals surface area contributed by atoms with Crippen molar-refractivity contribution in [1.82, 2.24) is 19.9 Å². The summed E-state index contributed by atoms with van der Waals surface area (Å²) in [4.78, 5) is 17.2. The van der Waals surface area contributed by atoms with Gasteiger partial charge in [-0.15, -0.1) is 0 Å². The molecule has 0 radical (unpaired) electrons. The Morgan fingerprint density at radius 1 is 1.00 bits per heavy atom. The molecule has 3 aromatic rings. The van der Waals surface area contributed by atoms with Crippen molar-refractivity contribution in [3.8, 4) is 0 Å². The summed E-state index contributed by atoms with van der Waals surface area (Å²) in [6.07, 6.45) is 6.14. The number of hydrogen-bond donors (Lipinski definition) is 3. The molecule has 0 saturated carbocycles. The third-order valence-electron chi connectivity index (χ3n) is 4.06. The highest BCUT2D eigenvalue weighted by molar-refractivity contribution is 6.03. The molecule has 23 heavy (non-hydrogen) atoms. The van der Waals surface area contributed by atoms with Crippen LogP contribution in [0.15, 0.2) is 12.1 Å². The Morgan fingerprint density at radius 3 is 2.61 bits per heavy atom. The minimum Gasteiger partial charge on any atom is -0.382 e. The van der Waals surface area contributed by atoms with Gasteiger partial charge in [-0.2, -0.15) is 0 Å². The third kappa shape index (κ3) is 3.27. The maximum Gasteiger partial charge on any atom is 0.152 e. The Bertz CT molecular complexity index is 808. The molecule has 0 aliphatic heterocycles. The van der Waals surface area contributed by atoms with E-state index in [9.17, 15) is 0 Å². The Labute approximate surface area is 135 Å². The molecule has 122 valence electrons. The van der Waals surface area contributed by atoms with E-state index in [-0.39, 0.29) is 0 Å². The molecule has 0 aliphatic carbocycles. The van der Waals surface area contributed by atoms with Gasteiger partial charge in [-0.1, -0.05) is 13.3 Å².